The molecule has 0 saturated carbocycles. The molecule has 0 aliphatic heterocycles. The number of hydrogen-bond donors (Lipinski definition) is 1. The van der Waals surface area contributed by atoms with Crippen LogP contribution in [0.1, 0.15) is 25.3 Å². The van der Waals surface area contributed by atoms with Gasteiger partial charge in [-0.1, -0.05) is 17.7 Å². The lowest BCUT2D eigenvalue weighted by molar-refractivity contribution is -0.144. The molecule has 3 aromatic rings. The number of halogens is 1. The van der Waals surface area contributed by atoms with E-state index >= 15 is 0 Å². The Morgan fingerprint density at radius 1 is 1.29 bits per heavy atom. The predicted molar refractivity (Wildman–Crippen MR) is 93.8 cm³/mol. The molecule has 1 heterocycles. The molecule has 0 spiro atoms. The summed E-state index contributed by atoms with van der Waals surface area (Å²) in [6, 6.07) is 13.1. The van der Waals surface area contributed by atoms with Crippen LogP contribution in [-0.4, -0.2) is 17.6 Å². The number of nitrogens with one attached hydrogen (secondary N) is 1. The zero-order valence-electron chi connectivity index (χ0n) is 13.4. The van der Waals surface area contributed by atoms with E-state index in [1.165, 1.54) is 0 Å². The zero-order valence-corrected chi connectivity index (χ0v) is 14.1. The van der Waals surface area contributed by atoms with Gasteiger partial charge in [0.25, 0.3) is 6.01 Å². The van der Waals surface area contributed by atoms with E-state index in [4.69, 9.17) is 20.8 Å². The molecule has 5 nitrogen and oxygen atoms in total. The van der Waals surface area contributed by atoms with Crippen LogP contribution in [0.15, 0.2) is 46.9 Å². The van der Waals surface area contributed by atoms with E-state index in [9.17, 15) is 4.79 Å². The Hall–Kier alpha value is -2.53. The third kappa shape index (κ3) is 3.51. The smallest absolute Gasteiger partial charge is 0.313 e. The number of fused-ring (bicyclic) bond motifs is 1. The maximum atomic E-state index is 11.9. The summed E-state index contributed by atoms with van der Waals surface area (Å²) in [7, 11) is 0. The van der Waals surface area contributed by atoms with Crippen molar-refractivity contribution in [3.8, 4) is 0 Å². The molecule has 6 heteroatoms. The number of esters is 1. The molecule has 0 aliphatic carbocycles. The lowest BCUT2D eigenvalue weighted by Gasteiger charge is -2.10. The number of anilines is 2. The molecule has 2 aromatic carbocycles. The summed E-state index contributed by atoms with van der Waals surface area (Å²) >= 11 is 5.87. The Labute approximate surface area is 144 Å². The molecule has 0 radical (unpaired) electrons. The molecule has 1 N–H and O–H groups in total. The number of nitrogens with zero attached hydrogens (tertiary/aromatic N) is 1. The molecule has 24 heavy (non-hydrogen) atoms. The van der Waals surface area contributed by atoms with Crippen molar-refractivity contribution in [2.45, 2.75) is 19.8 Å². The summed E-state index contributed by atoms with van der Waals surface area (Å²) in [5, 5.41) is 3.75. The van der Waals surface area contributed by atoms with Gasteiger partial charge in [0.15, 0.2) is 5.58 Å². The highest BCUT2D eigenvalue weighted by atomic mass is 35.5. The molecule has 3 rings (SSSR count). The highest BCUT2D eigenvalue weighted by molar-refractivity contribution is 6.30. The normalized spacial score (nSPS) is 12.1. The van der Waals surface area contributed by atoms with Gasteiger partial charge in [0.05, 0.1) is 12.5 Å². The van der Waals surface area contributed by atoms with E-state index in [0.717, 1.165) is 11.3 Å². The lowest BCUT2D eigenvalue weighted by atomic mass is 10.0. The average molecular weight is 345 g/mol. The largest absolute Gasteiger partial charge is 0.466 e. The summed E-state index contributed by atoms with van der Waals surface area (Å²) in [5.41, 5.74) is 2.99. The van der Waals surface area contributed by atoms with Crippen molar-refractivity contribution in [3.05, 3.63) is 53.1 Å². The molecule has 0 fully saturated rings. The monoisotopic (exact) mass is 344 g/mol. The van der Waals surface area contributed by atoms with Crippen LogP contribution in [0, 0.1) is 0 Å². The molecule has 1 atom stereocenters. The summed E-state index contributed by atoms with van der Waals surface area (Å²) in [6.07, 6.45) is 0. The first-order chi connectivity index (χ1) is 11.6. The SMILES string of the molecule is CCOC(=O)C(C)c1ccc2oc(Nc3ccc(Cl)cc3)nc2c1. The van der Waals surface area contributed by atoms with E-state index in [-0.39, 0.29) is 11.9 Å². The van der Waals surface area contributed by atoms with Crippen molar-refractivity contribution in [1.29, 1.82) is 0 Å². The number of aromatic nitrogens is 1. The fraction of sp³-hybridized carbons (Fsp3) is 0.222. The van der Waals surface area contributed by atoms with E-state index in [1.54, 1.807) is 25.1 Å². The Balaban J connectivity index is 1.83. The van der Waals surface area contributed by atoms with Crippen molar-refractivity contribution < 1.29 is 13.9 Å². The van der Waals surface area contributed by atoms with Crippen molar-refractivity contribution in [1.82, 2.24) is 4.98 Å². The van der Waals surface area contributed by atoms with Crippen molar-refractivity contribution in [3.63, 3.8) is 0 Å². The molecule has 1 unspecified atom stereocenters. The van der Waals surface area contributed by atoms with Crippen LogP contribution in [-0.2, 0) is 9.53 Å². The van der Waals surface area contributed by atoms with Gasteiger partial charge in [-0.2, -0.15) is 4.98 Å². The van der Waals surface area contributed by atoms with Gasteiger partial charge in [-0.15, -0.1) is 0 Å². The standard InChI is InChI=1S/C18H17ClN2O3/c1-3-23-17(22)11(2)12-4-9-16-15(10-12)21-18(24-16)20-14-7-5-13(19)6-8-14/h4-11H,3H2,1-2H3,(H,20,21). The fourth-order valence-corrected chi connectivity index (χ4v) is 2.45. The number of carbonyl (C=O) groups excluding carboxylic acids is 1. The molecule has 1 aromatic heterocycles. The van der Waals surface area contributed by atoms with E-state index in [2.05, 4.69) is 10.3 Å². The van der Waals surface area contributed by atoms with Gasteiger partial charge in [0.2, 0.25) is 0 Å². The Morgan fingerprint density at radius 2 is 2.04 bits per heavy atom. The van der Waals surface area contributed by atoms with Crippen LogP contribution in [0.5, 0.6) is 0 Å². The van der Waals surface area contributed by atoms with Gasteiger partial charge < -0.3 is 14.5 Å². The van der Waals surface area contributed by atoms with Gasteiger partial charge in [-0.3, -0.25) is 4.79 Å². The maximum Gasteiger partial charge on any atom is 0.313 e. The summed E-state index contributed by atoms with van der Waals surface area (Å²) in [4.78, 5) is 16.3. The number of oxazole rings is 1. The number of carbonyl (C=O) groups is 1. The van der Waals surface area contributed by atoms with Crippen LogP contribution >= 0.6 is 11.6 Å². The second kappa shape index (κ2) is 6.93. The Morgan fingerprint density at radius 3 is 2.75 bits per heavy atom. The van der Waals surface area contributed by atoms with Crippen molar-refractivity contribution in [2.75, 3.05) is 11.9 Å². The minimum absolute atomic E-state index is 0.250. The van der Waals surface area contributed by atoms with Gasteiger partial charge in [-0.25, -0.2) is 0 Å². The topological polar surface area (TPSA) is 64.4 Å². The predicted octanol–water partition coefficient (Wildman–Crippen LogP) is 4.89. The summed E-state index contributed by atoms with van der Waals surface area (Å²) in [5.74, 6) is -0.599. The van der Waals surface area contributed by atoms with E-state index < -0.39 is 0 Å². The lowest BCUT2D eigenvalue weighted by Crippen LogP contribution is -2.12. The third-order valence-electron chi connectivity index (χ3n) is 3.65. The van der Waals surface area contributed by atoms with Crippen molar-refractivity contribution in [2.24, 2.45) is 0 Å². The molecule has 0 amide bonds. The molecule has 0 aliphatic rings. The first-order valence-corrected chi connectivity index (χ1v) is 8.04. The maximum absolute atomic E-state index is 11.9. The first kappa shape index (κ1) is 16.3. The minimum atomic E-state index is -0.348. The fourth-order valence-electron chi connectivity index (χ4n) is 2.33. The Kier molecular flexibility index (Phi) is 4.71. The highest BCUT2D eigenvalue weighted by Crippen LogP contribution is 2.26. The summed E-state index contributed by atoms with van der Waals surface area (Å²) in [6.45, 7) is 3.97. The number of ether oxygens (including phenoxy) is 1. The molecule has 124 valence electrons. The quantitative estimate of drug-likeness (QED) is 0.667. The average Bonchev–Trinajstić information content (AvgIpc) is 2.97. The van der Waals surface area contributed by atoms with Crippen LogP contribution in [0.4, 0.5) is 11.7 Å². The van der Waals surface area contributed by atoms with Crippen LogP contribution in [0.2, 0.25) is 5.02 Å². The molecular weight excluding hydrogens is 328 g/mol. The molecule has 0 saturated heterocycles. The van der Waals surface area contributed by atoms with Gasteiger partial charge in [0.1, 0.15) is 5.52 Å². The number of benzene rings is 2. The first-order valence-electron chi connectivity index (χ1n) is 7.66. The Bertz CT molecular complexity index is 858. The van der Waals surface area contributed by atoms with E-state index in [1.807, 2.05) is 31.2 Å². The van der Waals surface area contributed by atoms with Crippen LogP contribution in [0.25, 0.3) is 11.1 Å². The third-order valence-corrected chi connectivity index (χ3v) is 3.90. The minimum Gasteiger partial charge on any atom is -0.466 e. The molecular formula is C18H17ClN2O3. The molecule has 0 bridgehead atoms. The number of rotatable bonds is 5. The van der Waals surface area contributed by atoms with Gasteiger partial charge in [-0.05, 0) is 55.8 Å². The van der Waals surface area contributed by atoms with E-state index in [0.29, 0.717) is 28.7 Å². The second-order valence-corrected chi connectivity index (χ2v) is 5.79. The van der Waals surface area contributed by atoms with Crippen LogP contribution in [0.3, 0.4) is 0 Å². The zero-order chi connectivity index (χ0) is 17.1. The van der Waals surface area contributed by atoms with Crippen LogP contribution < -0.4 is 5.32 Å². The van der Waals surface area contributed by atoms with Crippen molar-refractivity contribution >= 4 is 40.4 Å². The number of hydrogen-bond acceptors (Lipinski definition) is 5. The second-order valence-electron chi connectivity index (χ2n) is 5.35. The van der Waals surface area contributed by atoms with Gasteiger partial charge in [0, 0.05) is 10.7 Å². The highest BCUT2D eigenvalue weighted by Gasteiger charge is 2.18. The van der Waals surface area contributed by atoms with Gasteiger partial charge >= 0.3 is 5.97 Å². The summed E-state index contributed by atoms with van der Waals surface area (Å²) < 4.78 is 10.7.